The van der Waals surface area contributed by atoms with Crippen LogP contribution in [-0.4, -0.2) is 29.9 Å². The summed E-state index contributed by atoms with van der Waals surface area (Å²) in [5, 5.41) is 2.09. The lowest BCUT2D eigenvalue weighted by atomic mass is 10.0. The quantitative estimate of drug-likeness (QED) is 0.888. The van der Waals surface area contributed by atoms with Crippen LogP contribution in [0.4, 0.5) is 0 Å². The number of likely N-dealkylation sites (tertiary alicyclic amines) is 1. The zero-order valence-electron chi connectivity index (χ0n) is 11.0. The summed E-state index contributed by atoms with van der Waals surface area (Å²) in [5.74, 6) is 0.793. The van der Waals surface area contributed by atoms with Gasteiger partial charge in [0.1, 0.15) is 0 Å². The van der Waals surface area contributed by atoms with Crippen molar-refractivity contribution in [3.63, 3.8) is 0 Å². The van der Waals surface area contributed by atoms with Crippen LogP contribution in [0.25, 0.3) is 0 Å². The van der Waals surface area contributed by atoms with E-state index in [2.05, 4.69) is 17.5 Å². The molecular weight excluding hydrogens is 244 g/mol. The Kier molecular flexibility index (Phi) is 4.78. The minimum atomic E-state index is 0.203. The molecule has 100 valence electrons. The second-order valence-corrected chi connectivity index (χ2v) is 6.21. The molecule has 0 saturated carbocycles. The Hall–Kier alpha value is -0.870. The van der Waals surface area contributed by atoms with Gasteiger partial charge in [0.15, 0.2) is 0 Å². The molecular formula is C14H22N2OS. The summed E-state index contributed by atoms with van der Waals surface area (Å²) in [5.41, 5.74) is 5.89. The molecule has 2 N–H and O–H groups in total. The van der Waals surface area contributed by atoms with E-state index in [0.717, 1.165) is 32.4 Å². The van der Waals surface area contributed by atoms with Gasteiger partial charge in [0.2, 0.25) is 5.91 Å². The fraction of sp³-hybridized carbons (Fsp3) is 0.643. The summed E-state index contributed by atoms with van der Waals surface area (Å²) < 4.78 is 0. The predicted molar refractivity (Wildman–Crippen MR) is 75.6 cm³/mol. The third-order valence-corrected chi connectivity index (χ3v) is 4.65. The van der Waals surface area contributed by atoms with Gasteiger partial charge in [-0.3, -0.25) is 4.79 Å². The number of rotatable bonds is 5. The molecule has 4 heteroatoms. The summed E-state index contributed by atoms with van der Waals surface area (Å²) in [6.07, 6.45) is 3.71. The van der Waals surface area contributed by atoms with Crippen molar-refractivity contribution in [3.8, 4) is 0 Å². The molecule has 2 unspecified atom stereocenters. The van der Waals surface area contributed by atoms with Gasteiger partial charge in [-0.05, 0) is 43.6 Å². The first kappa shape index (κ1) is 13.6. The average molecular weight is 266 g/mol. The Bertz CT molecular complexity index is 375. The molecule has 1 aromatic rings. The smallest absolute Gasteiger partial charge is 0.222 e. The molecule has 2 rings (SSSR count). The molecule has 1 saturated heterocycles. The van der Waals surface area contributed by atoms with Crippen LogP contribution in [0.3, 0.4) is 0 Å². The Labute approximate surface area is 113 Å². The monoisotopic (exact) mass is 266 g/mol. The van der Waals surface area contributed by atoms with E-state index < -0.39 is 0 Å². The van der Waals surface area contributed by atoms with Crippen molar-refractivity contribution in [2.75, 3.05) is 13.1 Å². The number of hydrogen-bond acceptors (Lipinski definition) is 3. The molecule has 18 heavy (non-hydrogen) atoms. The standard InChI is InChI=1S/C14H22N2OS/c1-11(15)12-7-8-16(10-12)14(17)6-2-4-13-5-3-9-18-13/h3,5,9,11-12H,2,4,6-8,10,15H2,1H3. The molecule has 1 aromatic heterocycles. The molecule has 0 spiro atoms. The van der Waals surface area contributed by atoms with Crippen LogP contribution in [0, 0.1) is 5.92 Å². The van der Waals surface area contributed by atoms with E-state index in [9.17, 15) is 4.79 Å². The maximum absolute atomic E-state index is 12.0. The molecule has 0 bridgehead atoms. The van der Waals surface area contributed by atoms with Crippen LogP contribution >= 0.6 is 11.3 Å². The normalized spacial score (nSPS) is 21.2. The maximum Gasteiger partial charge on any atom is 0.222 e. The van der Waals surface area contributed by atoms with E-state index in [0.29, 0.717) is 18.2 Å². The number of nitrogens with zero attached hydrogens (tertiary/aromatic N) is 1. The molecule has 1 amide bonds. The second kappa shape index (κ2) is 6.34. The summed E-state index contributed by atoms with van der Waals surface area (Å²) in [6, 6.07) is 4.40. The van der Waals surface area contributed by atoms with Gasteiger partial charge in [0, 0.05) is 30.4 Å². The van der Waals surface area contributed by atoms with Gasteiger partial charge in [0.25, 0.3) is 0 Å². The summed E-state index contributed by atoms with van der Waals surface area (Å²) in [7, 11) is 0. The van der Waals surface area contributed by atoms with Crippen molar-refractivity contribution in [1.82, 2.24) is 4.90 Å². The van der Waals surface area contributed by atoms with E-state index in [-0.39, 0.29) is 6.04 Å². The molecule has 1 aliphatic rings. The third kappa shape index (κ3) is 3.56. The van der Waals surface area contributed by atoms with E-state index in [1.54, 1.807) is 11.3 Å². The van der Waals surface area contributed by atoms with Gasteiger partial charge in [-0.25, -0.2) is 0 Å². The Morgan fingerprint density at radius 2 is 2.50 bits per heavy atom. The Morgan fingerprint density at radius 3 is 3.11 bits per heavy atom. The average Bonchev–Trinajstić information content (AvgIpc) is 2.99. The fourth-order valence-corrected chi connectivity index (χ4v) is 3.22. The lowest BCUT2D eigenvalue weighted by Crippen LogP contribution is -2.32. The van der Waals surface area contributed by atoms with Gasteiger partial charge in [-0.15, -0.1) is 11.3 Å². The number of carbonyl (C=O) groups is 1. The first-order chi connectivity index (χ1) is 8.66. The highest BCUT2D eigenvalue weighted by Crippen LogP contribution is 2.20. The number of thiophene rings is 1. The lowest BCUT2D eigenvalue weighted by molar-refractivity contribution is -0.130. The second-order valence-electron chi connectivity index (χ2n) is 5.18. The minimum Gasteiger partial charge on any atom is -0.342 e. The van der Waals surface area contributed by atoms with Crippen molar-refractivity contribution in [1.29, 1.82) is 0 Å². The van der Waals surface area contributed by atoms with Crippen LogP contribution in [0.5, 0.6) is 0 Å². The molecule has 2 atom stereocenters. The molecule has 1 aliphatic heterocycles. The van der Waals surface area contributed by atoms with E-state index in [1.165, 1.54) is 4.88 Å². The van der Waals surface area contributed by atoms with Gasteiger partial charge in [0.05, 0.1) is 0 Å². The number of nitrogens with two attached hydrogens (primary N) is 1. The van der Waals surface area contributed by atoms with Crippen molar-refractivity contribution in [2.24, 2.45) is 11.7 Å². The van der Waals surface area contributed by atoms with E-state index >= 15 is 0 Å². The van der Waals surface area contributed by atoms with Crippen LogP contribution < -0.4 is 5.73 Å². The van der Waals surface area contributed by atoms with Gasteiger partial charge in [-0.1, -0.05) is 6.07 Å². The number of carbonyl (C=O) groups excluding carboxylic acids is 1. The SMILES string of the molecule is CC(N)C1CCN(C(=O)CCCc2cccs2)C1. The van der Waals surface area contributed by atoms with Crippen molar-refractivity contribution in [3.05, 3.63) is 22.4 Å². The predicted octanol–water partition coefficient (Wildman–Crippen LogP) is 2.27. The molecule has 0 aliphatic carbocycles. The highest BCUT2D eigenvalue weighted by molar-refractivity contribution is 7.09. The zero-order chi connectivity index (χ0) is 13.0. The first-order valence-corrected chi connectivity index (χ1v) is 7.60. The number of aryl methyl sites for hydroxylation is 1. The van der Waals surface area contributed by atoms with Crippen LogP contribution in [0.2, 0.25) is 0 Å². The van der Waals surface area contributed by atoms with Gasteiger partial charge in [-0.2, -0.15) is 0 Å². The molecule has 0 radical (unpaired) electrons. The largest absolute Gasteiger partial charge is 0.342 e. The highest BCUT2D eigenvalue weighted by Gasteiger charge is 2.27. The van der Waals surface area contributed by atoms with Gasteiger partial charge < -0.3 is 10.6 Å². The minimum absolute atomic E-state index is 0.203. The summed E-state index contributed by atoms with van der Waals surface area (Å²) >= 11 is 1.77. The maximum atomic E-state index is 12.0. The molecule has 3 nitrogen and oxygen atoms in total. The first-order valence-electron chi connectivity index (χ1n) is 6.72. The highest BCUT2D eigenvalue weighted by atomic mass is 32.1. The number of hydrogen-bond donors (Lipinski definition) is 1. The van der Waals surface area contributed by atoms with Crippen LogP contribution in [-0.2, 0) is 11.2 Å². The van der Waals surface area contributed by atoms with Crippen molar-refractivity contribution >= 4 is 17.2 Å². The number of amides is 1. The Morgan fingerprint density at radius 1 is 1.67 bits per heavy atom. The summed E-state index contributed by atoms with van der Waals surface area (Å²) in [4.78, 5) is 15.4. The lowest BCUT2D eigenvalue weighted by Gasteiger charge is -2.18. The zero-order valence-corrected chi connectivity index (χ0v) is 11.8. The topological polar surface area (TPSA) is 46.3 Å². The van der Waals surface area contributed by atoms with Crippen molar-refractivity contribution in [2.45, 2.75) is 38.6 Å². The molecule has 2 heterocycles. The summed E-state index contributed by atoms with van der Waals surface area (Å²) in [6.45, 7) is 3.79. The molecule has 1 fully saturated rings. The van der Waals surface area contributed by atoms with Crippen LogP contribution in [0.15, 0.2) is 17.5 Å². The van der Waals surface area contributed by atoms with E-state index in [4.69, 9.17) is 5.73 Å². The molecule has 0 aromatic carbocycles. The van der Waals surface area contributed by atoms with Gasteiger partial charge >= 0.3 is 0 Å². The third-order valence-electron chi connectivity index (χ3n) is 3.71. The van der Waals surface area contributed by atoms with E-state index in [1.807, 2.05) is 11.8 Å². The van der Waals surface area contributed by atoms with Crippen LogP contribution in [0.1, 0.15) is 31.1 Å². The fourth-order valence-electron chi connectivity index (χ4n) is 2.47. The van der Waals surface area contributed by atoms with Crippen molar-refractivity contribution < 1.29 is 4.79 Å². The Balaban J connectivity index is 1.69.